The second-order valence-corrected chi connectivity index (χ2v) is 7.54. The van der Waals surface area contributed by atoms with E-state index in [0.717, 1.165) is 18.7 Å². The molecule has 5 heteroatoms. The van der Waals surface area contributed by atoms with Crippen LogP contribution in [-0.2, 0) is 23.1 Å². The maximum absolute atomic E-state index is 12.6. The van der Waals surface area contributed by atoms with Gasteiger partial charge in [0.1, 0.15) is 0 Å². The number of hydrogen-bond acceptors (Lipinski definition) is 3. The third kappa shape index (κ3) is 2.68. The lowest BCUT2D eigenvalue weighted by Gasteiger charge is -2.27. The van der Waals surface area contributed by atoms with Gasteiger partial charge in [-0.15, -0.1) is 0 Å². The summed E-state index contributed by atoms with van der Waals surface area (Å²) in [5, 5.41) is 3.23. The molecule has 106 valence electrons. The van der Waals surface area contributed by atoms with Gasteiger partial charge in [0.25, 0.3) is 0 Å². The predicted molar refractivity (Wildman–Crippen MR) is 76.2 cm³/mol. The van der Waals surface area contributed by atoms with Crippen LogP contribution in [0.15, 0.2) is 23.1 Å². The SMILES string of the molecule is CC(C)C(C)N(C)S(=O)(=O)c1ccc2c(c1)CNC2. The van der Waals surface area contributed by atoms with Crippen LogP contribution in [0.3, 0.4) is 0 Å². The second-order valence-electron chi connectivity index (χ2n) is 5.54. The highest BCUT2D eigenvalue weighted by Crippen LogP contribution is 2.24. The van der Waals surface area contributed by atoms with Crippen molar-refractivity contribution in [3.63, 3.8) is 0 Å². The van der Waals surface area contributed by atoms with E-state index in [4.69, 9.17) is 0 Å². The van der Waals surface area contributed by atoms with Gasteiger partial charge in [-0.05, 0) is 36.1 Å². The topological polar surface area (TPSA) is 49.4 Å². The van der Waals surface area contributed by atoms with Crippen LogP contribution in [0.2, 0.25) is 0 Å². The van der Waals surface area contributed by atoms with Crippen LogP contribution in [0.5, 0.6) is 0 Å². The van der Waals surface area contributed by atoms with Crippen molar-refractivity contribution in [3.8, 4) is 0 Å². The highest BCUT2D eigenvalue weighted by Gasteiger charge is 2.27. The molecule has 1 aliphatic rings. The molecule has 0 radical (unpaired) electrons. The minimum absolute atomic E-state index is 0.0172. The fourth-order valence-corrected chi connectivity index (χ4v) is 3.78. The van der Waals surface area contributed by atoms with E-state index in [9.17, 15) is 8.42 Å². The number of rotatable bonds is 4. The lowest BCUT2D eigenvalue weighted by atomic mass is 10.1. The van der Waals surface area contributed by atoms with Gasteiger partial charge in [-0.2, -0.15) is 4.31 Å². The first-order chi connectivity index (χ1) is 8.84. The Labute approximate surface area is 115 Å². The Morgan fingerprint density at radius 2 is 1.79 bits per heavy atom. The van der Waals surface area contributed by atoms with Gasteiger partial charge >= 0.3 is 0 Å². The van der Waals surface area contributed by atoms with Crippen molar-refractivity contribution < 1.29 is 8.42 Å². The summed E-state index contributed by atoms with van der Waals surface area (Å²) in [6.45, 7) is 7.58. The van der Waals surface area contributed by atoms with E-state index < -0.39 is 10.0 Å². The van der Waals surface area contributed by atoms with Crippen LogP contribution < -0.4 is 5.32 Å². The first-order valence-electron chi connectivity index (χ1n) is 6.64. The molecule has 0 aromatic heterocycles. The van der Waals surface area contributed by atoms with Gasteiger partial charge < -0.3 is 5.32 Å². The van der Waals surface area contributed by atoms with Gasteiger partial charge in [0, 0.05) is 26.2 Å². The van der Waals surface area contributed by atoms with E-state index >= 15 is 0 Å². The number of nitrogens with zero attached hydrogens (tertiary/aromatic N) is 1. The zero-order chi connectivity index (χ0) is 14.2. The highest BCUT2D eigenvalue weighted by molar-refractivity contribution is 7.89. The molecule has 1 atom stereocenters. The molecule has 4 nitrogen and oxygen atoms in total. The molecule has 1 aromatic rings. The monoisotopic (exact) mass is 282 g/mol. The summed E-state index contributed by atoms with van der Waals surface area (Å²) in [5.74, 6) is 0.288. The number of fused-ring (bicyclic) bond motifs is 1. The van der Waals surface area contributed by atoms with Crippen molar-refractivity contribution in [1.29, 1.82) is 0 Å². The highest BCUT2D eigenvalue weighted by atomic mass is 32.2. The van der Waals surface area contributed by atoms with Crippen molar-refractivity contribution in [1.82, 2.24) is 9.62 Å². The van der Waals surface area contributed by atoms with Crippen molar-refractivity contribution in [3.05, 3.63) is 29.3 Å². The van der Waals surface area contributed by atoms with Crippen LogP contribution in [0, 0.1) is 5.92 Å². The van der Waals surface area contributed by atoms with Gasteiger partial charge in [0.2, 0.25) is 10.0 Å². The maximum atomic E-state index is 12.6. The van der Waals surface area contributed by atoms with E-state index in [1.165, 1.54) is 9.87 Å². The summed E-state index contributed by atoms with van der Waals surface area (Å²) < 4.78 is 26.6. The Morgan fingerprint density at radius 1 is 1.16 bits per heavy atom. The largest absolute Gasteiger partial charge is 0.309 e. The smallest absolute Gasteiger partial charge is 0.243 e. The average molecular weight is 282 g/mol. The fraction of sp³-hybridized carbons (Fsp3) is 0.571. The van der Waals surface area contributed by atoms with Crippen LogP contribution in [-0.4, -0.2) is 25.8 Å². The molecule has 1 aromatic carbocycles. The fourth-order valence-electron chi connectivity index (χ4n) is 2.24. The minimum atomic E-state index is -3.40. The lowest BCUT2D eigenvalue weighted by Crippen LogP contribution is -2.38. The molecule has 19 heavy (non-hydrogen) atoms. The standard InChI is InChI=1S/C14H22N2O2S/c1-10(2)11(3)16(4)19(17,18)14-6-5-12-8-15-9-13(12)7-14/h5-7,10-11,15H,8-9H2,1-4H3. The number of hydrogen-bond donors (Lipinski definition) is 1. The Bertz CT molecular complexity index is 567. The Hall–Kier alpha value is -0.910. The number of nitrogens with one attached hydrogen (secondary N) is 1. The zero-order valence-corrected chi connectivity index (χ0v) is 12.8. The molecule has 0 amide bonds. The molecule has 0 fully saturated rings. The minimum Gasteiger partial charge on any atom is -0.309 e. The third-order valence-corrected chi connectivity index (χ3v) is 5.96. The maximum Gasteiger partial charge on any atom is 0.243 e. The van der Waals surface area contributed by atoms with Crippen molar-refractivity contribution >= 4 is 10.0 Å². The second kappa shape index (κ2) is 5.23. The van der Waals surface area contributed by atoms with E-state index in [0.29, 0.717) is 4.90 Å². The normalized spacial score (nSPS) is 16.9. The van der Waals surface area contributed by atoms with E-state index in [-0.39, 0.29) is 12.0 Å². The predicted octanol–water partition coefficient (Wildman–Crippen LogP) is 1.95. The summed E-state index contributed by atoms with van der Waals surface area (Å²) in [6, 6.07) is 5.41. The summed E-state index contributed by atoms with van der Waals surface area (Å²) in [7, 11) is -1.74. The van der Waals surface area contributed by atoms with Gasteiger partial charge in [-0.25, -0.2) is 8.42 Å². The van der Waals surface area contributed by atoms with Crippen molar-refractivity contribution in [2.75, 3.05) is 7.05 Å². The molecule has 0 bridgehead atoms. The quantitative estimate of drug-likeness (QED) is 0.918. The van der Waals surface area contributed by atoms with Gasteiger partial charge in [-0.1, -0.05) is 19.9 Å². The molecule has 0 aliphatic carbocycles. The van der Waals surface area contributed by atoms with E-state index in [1.807, 2.05) is 26.8 Å². The molecule has 1 heterocycles. The summed E-state index contributed by atoms with van der Waals surface area (Å²) >= 11 is 0. The van der Waals surface area contributed by atoms with Crippen molar-refractivity contribution in [2.24, 2.45) is 5.92 Å². The first-order valence-corrected chi connectivity index (χ1v) is 8.08. The first kappa shape index (κ1) is 14.5. The molecular weight excluding hydrogens is 260 g/mol. The Kier molecular flexibility index (Phi) is 3.99. The average Bonchev–Trinajstić information content (AvgIpc) is 2.83. The number of benzene rings is 1. The van der Waals surface area contributed by atoms with Crippen molar-refractivity contribution in [2.45, 2.75) is 44.8 Å². The Morgan fingerprint density at radius 3 is 2.42 bits per heavy atom. The molecular formula is C14H22N2O2S. The van der Waals surface area contributed by atoms with Crippen LogP contribution >= 0.6 is 0 Å². The lowest BCUT2D eigenvalue weighted by molar-refractivity contribution is 0.316. The van der Waals surface area contributed by atoms with E-state index in [2.05, 4.69) is 5.32 Å². The van der Waals surface area contributed by atoms with Crippen LogP contribution in [0.25, 0.3) is 0 Å². The third-order valence-electron chi connectivity index (χ3n) is 4.02. The van der Waals surface area contributed by atoms with Gasteiger partial charge in [-0.3, -0.25) is 0 Å². The summed E-state index contributed by atoms with van der Waals surface area (Å²) in [4.78, 5) is 0.393. The Balaban J connectivity index is 2.34. The molecule has 1 unspecified atom stereocenters. The molecule has 0 saturated carbocycles. The number of sulfonamides is 1. The molecule has 1 aliphatic heterocycles. The summed E-state index contributed by atoms with van der Waals surface area (Å²) in [5.41, 5.74) is 2.28. The zero-order valence-electron chi connectivity index (χ0n) is 12.0. The van der Waals surface area contributed by atoms with Gasteiger partial charge in [0.15, 0.2) is 0 Å². The van der Waals surface area contributed by atoms with Crippen LogP contribution in [0.4, 0.5) is 0 Å². The van der Waals surface area contributed by atoms with E-state index in [1.54, 1.807) is 19.2 Å². The molecule has 0 saturated heterocycles. The van der Waals surface area contributed by atoms with Gasteiger partial charge in [0.05, 0.1) is 4.90 Å². The summed E-state index contributed by atoms with van der Waals surface area (Å²) in [6.07, 6.45) is 0. The molecule has 1 N–H and O–H groups in total. The van der Waals surface area contributed by atoms with Crippen LogP contribution in [0.1, 0.15) is 31.9 Å². The molecule has 0 spiro atoms. The molecule has 2 rings (SSSR count).